The Balaban J connectivity index is 2.44. The van der Waals surface area contributed by atoms with Gasteiger partial charge in [0, 0.05) is 6.54 Å². The van der Waals surface area contributed by atoms with Crippen molar-refractivity contribution in [1.29, 1.82) is 0 Å². The monoisotopic (exact) mass is 277 g/mol. The van der Waals surface area contributed by atoms with Crippen molar-refractivity contribution in [3.63, 3.8) is 0 Å². The first-order valence-corrected chi connectivity index (χ1v) is 6.33. The Labute approximate surface area is 118 Å². The van der Waals surface area contributed by atoms with Gasteiger partial charge in [-0.2, -0.15) is 0 Å². The van der Waals surface area contributed by atoms with Crippen LogP contribution in [0.5, 0.6) is 5.75 Å². The molecule has 1 N–H and O–H groups in total. The predicted molar refractivity (Wildman–Crippen MR) is 75.7 cm³/mol. The van der Waals surface area contributed by atoms with Crippen LogP contribution in [0, 0.1) is 6.92 Å². The fraction of sp³-hybridized carbons (Fsp3) is 0.333. The summed E-state index contributed by atoms with van der Waals surface area (Å²) in [4.78, 5) is 23.8. The van der Waals surface area contributed by atoms with Gasteiger partial charge >= 0.3 is 5.97 Å². The SMILES string of the molecule is C=CCN(CC(=O)O)C(=O)CCOc1cccc(C)c1. The molecule has 1 aromatic rings. The van der Waals surface area contributed by atoms with E-state index in [0.29, 0.717) is 5.75 Å². The summed E-state index contributed by atoms with van der Waals surface area (Å²) >= 11 is 0. The van der Waals surface area contributed by atoms with E-state index in [4.69, 9.17) is 9.84 Å². The van der Waals surface area contributed by atoms with Crippen molar-refractivity contribution < 1.29 is 19.4 Å². The highest BCUT2D eigenvalue weighted by molar-refractivity contribution is 5.81. The maximum atomic E-state index is 11.9. The van der Waals surface area contributed by atoms with Crippen molar-refractivity contribution in [2.24, 2.45) is 0 Å². The lowest BCUT2D eigenvalue weighted by atomic mass is 10.2. The molecule has 0 saturated heterocycles. The minimum atomic E-state index is -1.04. The van der Waals surface area contributed by atoms with Crippen LogP contribution in [0.15, 0.2) is 36.9 Å². The molecule has 0 radical (unpaired) electrons. The number of nitrogens with zero attached hydrogens (tertiary/aromatic N) is 1. The average Bonchev–Trinajstić information content (AvgIpc) is 2.37. The topological polar surface area (TPSA) is 66.8 Å². The molecule has 0 aliphatic rings. The summed E-state index contributed by atoms with van der Waals surface area (Å²) in [5.74, 6) is -0.605. The van der Waals surface area contributed by atoms with E-state index < -0.39 is 5.97 Å². The van der Waals surface area contributed by atoms with Crippen molar-refractivity contribution in [3.8, 4) is 5.75 Å². The highest BCUT2D eigenvalue weighted by Crippen LogP contribution is 2.12. The molecule has 0 spiro atoms. The second-order valence-corrected chi connectivity index (χ2v) is 4.37. The zero-order chi connectivity index (χ0) is 15.0. The summed E-state index contributed by atoms with van der Waals surface area (Å²) in [6.45, 7) is 5.58. The fourth-order valence-electron chi connectivity index (χ4n) is 1.69. The second kappa shape index (κ2) is 7.99. The number of hydrogen-bond acceptors (Lipinski definition) is 3. The minimum Gasteiger partial charge on any atom is -0.493 e. The molecule has 1 aromatic carbocycles. The van der Waals surface area contributed by atoms with E-state index in [9.17, 15) is 9.59 Å². The van der Waals surface area contributed by atoms with Gasteiger partial charge in [-0.25, -0.2) is 0 Å². The van der Waals surface area contributed by atoms with E-state index in [2.05, 4.69) is 6.58 Å². The minimum absolute atomic E-state index is 0.134. The van der Waals surface area contributed by atoms with Crippen LogP contribution in [0.25, 0.3) is 0 Å². The highest BCUT2D eigenvalue weighted by Gasteiger charge is 2.15. The van der Waals surface area contributed by atoms with E-state index in [1.165, 1.54) is 11.0 Å². The number of carboxylic acid groups (broad SMARTS) is 1. The number of amides is 1. The van der Waals surface area contributed by atoms with E-state index in [1.807, 2.05) is 31.2 Å². The third kappa shape index (κ3) is 5.56. The van der Waals surface area contributed by atoms with Gasteiger partial charge in [0.1, 0.15) is 12.3 Å². The van der Waals surface area contributed by atoms with Crippen LogP contribution < -0.4 is 4.74 Å². The molecule has 0 bridgehead atoms. The molecule has 5 nitrogen and oxygen atoms in total. The first-order valence-electron chi connectivity index (χ1n) is 6.33. The van der Waals surface area contributed by atoms with Crippen LogP contribution in [0.3, 0.4) is 0 Å². The van der Waals surface area contributed by atoms with Crippen LogP contribution in [-0.2, 0) is 9.59 Å². The molecule has 0 aromatic heterocycles. The van der Waals surface area contributed by atoms with E-state index in [-0.39, 0.29) is 32.0 Å². The summed E-state index contributed by atoms with van der Waals surface area (Å²) in [7, 11) is 0. The molecule has 0 heterocycles. The normalized spacial score (nSPS) is 9.85. The summed E-state index contributed by atoms with van der Waals surface area (Å²) in [6, 6.07) is 7.52. The zero-order valence-electron chi connectivity index (χ0n) is 11.5. The van der Waals surface area contributed by atoms with Crippen LogP contribution in [-0.4, -0.2) is 41.6 Å². The molecule has 0 atom stereocenters. The largest absolute Gasteiger partial charge is 0.493 e. The number of aryl methyl sites for hydroxylation is 1. The van der Waals surface area contributed by atoms with Gasteiger partial charge in [-0.15, -0.1) is 6.58 Å². The molecule has 0 saturated carbocycles. The first kappa shape index (κ1) is 15.8. The maximum absolute atomic E-state index is 11.9. The molecule has 1 amide bonds. The number of aliphatic carboxylic acids is 1. The Morgan fingerprint density at radius 3 is 2.80 bits per heavy atom. The van der Waals surface area contributed by atoms with Gasteiger partial charge < -0.3 is 14.7 Å². The molecule has 0 aliphatic heterocycles. The Kier molecular flexibility index (Phi) is 6.29. The van der Waals surface area contributed by atoms with E-state index in [1.54, 1.807) is 0 Å². The summed E-state index contributed by atoms with van der Waals surface area (Å²) < 4.78 is 5.47. The van der Waals surface area contributed by atoms with Crippen molar-refractivity contribution in [2.75, 3.05) is 19.7 Å². The number of carbonyl (C=O) groups excluding carboxylic acids is 1. The number of hydrogen-bond donors (Lipinski definition) is 1. The van der Waals surface area contributed by atoms with Crippen molar-refractivity contribution in [3.05, 3.63) is 42.5 Å². The lowest BCUT2D eigenvalue weighted by Gasteiger charge is -2.18. The molecule has 0 aliphatic carbocycles. The number of carboxylic acids is 1. The summed E-state index contributed by atoms with van der Waals surface area (Å²) in [6.07, 6.45) is 1.64. The number of benzene rings is 1. The van der Waals surface area contributed by atoms with Gasteiger partial charge in [0.15, 0.2) is 0 Å². The molecule has 20 heavy (non-hydrogen) atoms. The van der Waals surface area contributed by atoms with Crippen LogP contribution in [0.4, 0.5) is 0 Å². The van der Waals surface area contributed by atoms with Gasteiger partial charge in [-0.05, 0) is 24.6 Å². The first-order chi connectivity index (χ1) is 9.52. The van der Waals surface area contributed by atoms with Gasteiger partial charge in [0.2, 0.25) is 5.91 Å². The lowest BCUT2D eigenvalue weighted by Crippen LogP contribution is -2.36. The second-order valence-electron chi connectivity index (χ2n) is 4.37. The average molecular weight is 277 g/mol. The predicted octanol–water partition coefficient (Wildman–Crippen LogP) is 1.86. The lowest BCUT2D eigenvalue weighted by molar-refractivity contribution is -0.144. The Morgan fingerprint density at radius 1 is 1.45 bits per heavy atom. The van der Waals surface area contributed by atoms with Crippen LogP contribution in [0.2, 0.25) is 0 Å². The Morgan fingerprint density at radius 2 is 2.20 bits per heavy atom. The van der Waals surface area contributed by atoms with Gasteiger partial charge in [-0.3, -0.25) is 9.59 Å². The molecule has 108 valence electrons. The molecular weight excluding hydrogens is 258 g/mol. The highest BCUT2D eigenvalue weighted by atomic mass is 16.5. The van der Waals surface area contributed by atoms with Crippen molar-refractivity contribution in [1.82, 2.24) is 4.90 Å². The number of ether oxygens (including phenoxy) is 1. The van der Waals surface area contributed by atoms with Gasteiger partial charge in [0.25, 0.3) is 0 Å². The van der Waals surface area contributed by atoms with E-state index in [0.717, 1.165) is 5.56 Å². The van der Waals surface area contributed by atoms with Crippen LogP contribution in [0.1, 0.15) is 12.0 Å². The standard InChI is InChI=1S/C15H19NO4/c1-3-8-16(11-15(18)19)14(17)7-9-20-13-6-4-5-12(2)10-13/h3-6,10H,1,7-9,11H2,2H3,(H,18,19). The number of rotatable bonds is 8. The summed E-state index contributed by atoms with van der Waals surface area (Å²) in [5.41, 5.74) is 1.08. The fourth-order valence-corrected chi connectivity index (χ4v) is 1.69. The van der Waals surface area contributed by atoms with Crippen LogP contribution >= 0.6 is 0 Å². The van der Waals surface area contributed by atoms with Gasteiger partial charge in [-0.1, -0.05) is 18.2 Å². The zero-order valence-corrected chi connectivity index (χ0v) is 11.5. The number of carbonyl (C=O) groups is 2. The third-order valence-corrected chi connectivity index (χ3v) is 2.60. The van der Waals surface area contributed by atoms with Crippen molar-refractivity contribution in [2.45, 2.75) is 13.3 Å². The Hall–Kier alpha value is -2.30. The molecule has 1 rings (SSSR count). The molecule has 0 unspecified atom stereocenters. The smallest absolute Gasteiger partial charge is 0.323 e. The Bertz CT molecular complexity index is 485. The molecule has 5 heteroatoms. The quantitative estimate of drug-likeness (QED) is 0.737. The maximum Gasteiger partial charge on any atom is 0.323 e. The van der Waals surface area contributed by atoms with Crippen molar-refractivity contribution >= 4 is 11.9 Å². The van der Waals surface area contributed by atoms with E-state index >= 15 is 0 Å². The third-order valence-electron chi connectivity index (χ3n) is 2.60. The van der Waals surface area contributed by atoms with Gasteiger partial charge in [0.05, 0.1) is 13.0 Å². The summed E-state index contributed by atoms with van der Waals surface area (Å²) in [5, 5.41) is 8.73. The molecular formula is C15H19NO4. The molecule has 0 fully saturated rings.